The molecule has 76 valence electrons. The van der Waals surface area contributed by atoms with Gasteiger partial charge in [0.25, 0.3) is 5.71 Å². The molecule has 0 atom stereocenters. The highest BCUT2D eigenvalue weighted by Gasteiger charge is 2.07. The van der Waals surface area contributed by atoms with Crippen LogP contribution in [0.1, 0.15) is 5.56 Å². The minimum atomic E-state index is -1.40. The van der Waals surface area contributed by atoms with Crippen LogP contribution in [0.2, 0.25) is 0 Å². The average Bonchev–Trinajstić information content (AvgIpc) is 2.25. The lowest BCUT2D eigenvalue weighted by Crippen LogP contribution is -2.10. The number of nitriles is 1. The molecule has 5 heteroatoms. The van der Waals surface area contributed by atoms with Crippen LogP contribution in [0, 0.1) is 11.3 Å². The van der Waals surface area contributed by atoms with Crippen LogP contribution in [-0.2, 0) is 16.2 Å². The monoisotopic (exact) mass is 204 g/mol. The summed E-state index contributed by atoms with van der Waals surface area (Å²) in [4.78, 5) is 15.1. The van der Waals surface area contributed by atoms with E-state index in [9.17, 15) is 4.79 Å². The molecule has 1 aromatic carbocycles. The molecule has 1 aromatic rings. The van der Waals surface area contributed by atoms with Crippen molar-refractivity contribution in [1.82, 2.24) is 0 Å². The van der Waals surface area contributed by atoms with Crippen molar-refractivity contribution in [1.29, 1.82) is 5.26 Å². The number of carboxylic acids is 1. The van der Waals surface area contributed by atoms with E-state index in [0.717, 1.165) is 5.56 Å². The van der Waals surface area contributed by atoms with Crippen LogP contribution in [0.25, 0.3) is 0 Å². The van der Waals surface area contributed by atoms with E-state index in [2.05, 4.69) is 5.16 Å². The highest BCUT2D eigenvalue weighted by Crippen LogP contribution is 2.00. The third kappa shape index (κ3) is 3.48. The van der Waals surface area contributed by atoms with Gasteiger partial charge in [-0.3, -0.25) is 0 Å². The Labute approximate surface area is 86.2 Å². The van der Waals surface area contributed by atoms with Crippen molar-refractivity contribution in [3.8, 4) is 6.07 Å². The summed E-state index contributed by atoms with van der Waals surface area (Å²) in [6.07, 6.45) is 0. The van der Waals surface area contributed by atoms with Gasteiger partial charge in [0.2, 0.25) is 0 Å². The molecule has 15 heavy (non-hydrogen) atoms. The molecule has 5 nitrogen and oxygen atoms in total. The third-order valence-electron chi connectivity index (χ3n) is 1.54. The number of aliphatic carboxylic acids is 1. The van der Waals surface area contributed by atoms with Crippen molar-refractivity contribution in [2.45, 2.75) is 6.61 Å². The van der Waals surface area contributed by atoms with Gasteiger partial charge in [-0.25, -0.2) is 4.79 Å². The summed E-state index contributed by atoms with van der Waals surface area (Å²) in [6, 6.07) is 10.5. The van der Waals surface area contributed by atoms with Gasteiger partial charge in [0.1, 0.15) is 12.7 Å². The number of hydrogen-bond acceptors (Lipinski definition) is 4. The zero-order valence-corrected chi connectivity index (χ0v) is 7.75. The summed E-state index contributed by atoms with van der Waals surface area (Å²) in [5.74, 6) is -1.40. The molecule has 0 aliphatic rings. The van der Waals surface area contributed by atoms with Crippen LogP contribution in [0.15, 0.2) is 35.5 Å². The molecule has 1 N–H and O–H groups in total. The van der Waals surface area contributed by atoms with E-state index in [1.54, 1.807) is 0 Å². The van der Waals surface area contributed by atoms with Crippen molar-refractivity contribution >= 4 is 11.7 Å². The quantitative estimate of drug-likeness (QED) is 0.589. The van der Waals surface area contributed by atoms with Gasteiger partial charge in [0, 0.05) is 0 Å². The van der Waals surface area contributed by atoms with E-state index < -0.39 is 11.7 Å². The molecule has 0 spiro atoms. The normalized spacial score (nSPS) is 10.5. The second-order valence-electron chi connectivity index (χ2n) is 2.62. The predicted molar refractivity (Wildman–Crippen MR) is 51.9 cm³/mol. The fraction of sp³-hybridized carbons (Fsp3) is 0.100. The predicted octanol–water partition coefficient (Wildman–Crippen LogP) is 1.17. The van der Waals surface area contributed by atoms with Crippen LogP contribution in [-0.4, -0.2) is 16.8 Å². The van der Waals surface area contributed by atoms with Crippen LogP contribution in [0.4, 0.5) is 0 Å². The van der Waals surface area contributed by atoms with Gasteiger partial charge in [-0.05, 0) is 5.56 Å². The fourth-order valence-electron chi connectivity index (χ4n) is 0.853. The SMILES string of the molecule is N#C/C(=N\OCc1ccccc1)C(=O)O. The lowest BCUT2D eigenvalue weighted by atomic mass is 10.2. The van der Waals surface area contributed by atoms with E-state index in [-0.39, 0.29) is 6.61 Å². The molecule has 0 saturated carbocycles. The minimum Gasteiger partial charge on any atom is -0.476 e. The van der Waals surface area contributed by atoms with Gasteiger partial charge >= 0.3 is 5.97 Å². The van der Waals surface area contributed by atoms with E-state index in [1.165, 1.54) is 6.07 Å². The minimum absolute atomic E-state index is 0.138. The van der Waals surface area contributed by atoms with Crippen molar-refractivity contribution in [3.63, 3.8) is 0 Å². The van der Waals surface area contributed by atoms with Gasteiger partial charge in [0.15, 0.2) is 0 Å². The van der Waals surface area contributed by atoms with Crippen LogP contribution in [0.3, 0.4) is 0 Å². The van der Waals surface area contributed by atoms with E-state index in [1.807, 2.05) is 30.3 Å². The summed E-state index contributed by atoms with van der Waals surface area (Å²) >= 11 is 0. The number of nitrogens with zero attached hydrogens (tertiary/aromatic N) is 2. The van der Waals surface area contributed by atoms with E-state index in [0.29, 0.717) is 0 Å². The average molecular weight is 204 g/mol. The van der Waals surface area contributed by atoms with E-state index >= 15 is 0 Å². The number of carboxylic acid groups (broad SMARTS) is 1. The highest BCUT2D eigenvalue weighted by molar-refractivity contribution is 6.42. The van der Waals surface area contributed by atoms with Crippen LogP contribution >= 0.6 is 0 Å². The Kier molecular flexibility index (Phi) is 3.86. The molecule has 0 amide bonds. The highest BCUT2D eigenvalue weighted by atomic mass is 16.6. The van der Waals surface area contributed by atoms with Crippen LogP contribution < -0.4 is 0 Å². The van der Waals surface area contributed by atoms with Crippen molar-refractivity contribution in [3.05, 3.63) is 35.9 Å². The first kappa shape index (κ1) is 10.7. The molecule has 1 rings (SSSR count). The Morgan fingerprint density at radius 1 is 1.47 bits per heavy atom. The number of benzene rings is 1. The molecule has 0 radical (unpaired) electrons. The maximum Gasteiger partial charge on any atom is 0.369 e. The molecule has 0 fully saturated rings. The van der Waals surface area contributed by atoms with Crippen molar-refractivity contribution in [2.75, 3.05) is 0 Å². The zero-order valence-electron chi connectivity index (χ0n) is 7.75. The first-order chi connectivity index (χ1) is 7.24. The summed E-state index contributed by atoms with van der Waals surface area (Å²) in [6.45, 7) is 0.138. The Bertz CT molecular complexity index is 406. The number of carbonyl (C=O) groups is 1. The third-order valence-corrected chi connectivity index (χ3v) is 1.54. The molecule has 0 aliphatic heterocycles. The largest absolute Gasteiger partial charge is 0.476 e. The smallest absolute Gasteiger partial charge is 0.369 e. The molecular weight excluding hydrogens is 196 g/mol. The zero-order chi connectivity index (χ0) is 11.1. The summed E-state index contributed by atoms with van der Waals surface area (Å²) in [5, 5.41) is 20.0. The van der Waals surface area contributed by atoms with Gasteiger partial charge in [-0.15, -0.1) is 0 Å². The van der Waals surface area contributed by atoms with Crippen molar-refractivity contribution in [2.24, 2.45) is 5.16 Å². The Morgan fingerprint density at radius 3 is 2.67 bits per heavy atom. The first-order valence-electron chi connectivity index (χ1n) is 4.11. The van der Waals surface area contributed by atoms with Crippen molar-refractivity contribution < 1.29 is 14.7 Å². The number of rotatable bonds is 4. The standard InChI is InChI=1S/C10H8N2O3/c11-6-9(10(13)14)12-15-7-8-4-2-1-3-5-8/h1-5H,7H2,(H,13,14)/b12-9+. The maximum absolute atomic E-state index is 10.3. The molecular formula is C10H8N2O3. The van der Waals surface area contributed by atoms with Gasteiger partial charge in [0.05, 0.1) is 0 Å². The maximum atomic E-state index is 10.3. The topological polar surface area (TPSA) is 82.7 Å². The lowest BCUT2D eigenvalue weighted by Gasteiger charge is -1.98. The van der Waals surface area contributed by atoms with Gasteiger partial charge in [-0.1, -0.05) is 35.5 Å². The molecule has 0 aliphatic carbocycles. The Balaban J connectivity index is 2.52. The van der Waals surface area contributed by atoms with Gasteiger partial charge < -0.3 is 9.94 Å². The molecule has 0 bridgehead atoms. The Morgan fingerprint density at radius 2 is 2.13 bits per heavy atom. The Hall–Kier alpha value is -2.35. The first-order valence-corrected chi connectivity index (χ1v) is 4.11. The summed E-state index contributed by atoms with van der Waals surface area (Å²) in [5.41, 5.74) is 0.190. The number of oxime groups is 1. The fourth-order valence-corrected chi connectivity index (χ4v) is 0.853. The summed E-state index contributed by atoms with van der Waals surface area (Å²) < 4.78 is 0. The molecule has 0 aromatic heterocycles. The second-order valence-corrected chi connectivity index (χ2v) is 2.62. The molecule has 0 unspecified atom stereocenters. The second kappa shape index (κ2) is 5.40. The summed E-state index contributed by atoms with van der Waals surface area (Å²) in [7, 11) is 0. The molecule has 0 saturated heterocycles. The number of hydrogen-bond donors (Lipinski definition) is 1. The van der Waals surface area contributed by atoms with Gasteiger partial charge in [-0.2, -0.15) is 5.26 Å². The lowest BCUT2D eigenvalue weighted by molar-refractivity contribution is -0.129. The van der Waals surface area contributed by atoms with Crippen LogP contribution in [0.5, 0.6) is 0 Å². The molecule has 0 heterocycles. The van der Waals surface area contributed by atoms with E-state index in [4.69, 9.17) is 15.2 Å².